The van der Waals surface area contributed by atoms with Gasteiger partial charge in [-0.15, -0.1) is 0 Å². The van der Waals surface area contributed by atoms with E-state index in [1.807, 2.05) is 10.8 Å². The van der Waals surface area contributed by atoms with Crippen LogP contribution in [0.5, 0.6) is 0 Å². The Balaban J connectivity index is 1.42. The molecule has 8 nitrogen and oxygen atoms in total. The van der Waals surface area contributed by atoms with Crippen LogP contribution in [0.1, 0.15) is 11.3 Å². The second kappa shape index (κ2) is 7.29. The minimum atomic E-state index is -3.17. The van der Waals surface area contributed by atoms with Crippen LogP contribution >= 0.6 is 11.8 Å². The van der Waals surface area contributed by atoms with E-state index in [-0.39, 0.29) is 0 Å². The van der Waals surface area contributed by atoms with Gasteiger partial charge in [-0.1, -0.05) is 17.8 Å². The van der Waals surface area contributed by atoms with Gasteiger partial charge in [0, 0.05) is 43.0 Å². The lowest BCUT2D eigenvalue weighted by Crippen LogP contribution is -2.24. The lowest BCUT2D eigenvalue weighted by Gasteiger charge is -2.19. The van der Waals surface area contributed by atoms with Crippen molar-refractivity contribution < 1.29 is 8.42 Å². The van der Waals surface area contributed by atoms with Crippen LogP contribution in [0.15, 0.2) is 53.0 Å². The molecule has 0 radical (unpaired) electrons. The molecule has 0 atom stereocenters. The molecule has 3 aromatic rings. The van der Waals surface area contributed by atoms with E-state index in [4.69, 9.17) is 0 Å². The predicted molar refractivity (Wildman–Crippen MR) is 104 cm³/mol. The second-order valence-electron chi connectivity index (χ2n) is 6.22. The number of aromatic nitrogens is 4. The van der Waals surface area contributed by atoms with Gasteiger partial charge in [0.05, 0.1) is 24.0 Å². The van der Waals surface area contributed by atoms with Crippen molar-refractivity contribution in [2.45, 2.75) is 22.9 Å². The number of hydrogen-bond acceptors (Lipinski definition) is 7. The molecular weight excluding hydrogens is 384 g/mol. The normalized spacial score (nSPS) is 12.9. The Morgan fingerprint density at radius 1 is 1.22 bits per heavy atom. The van der Waals surface area contributed by atoms with Crippen molar-refractivity contribution in [3.05, 3.63) is 54.4 Å². The maximum Gasteiger partial charge on any atom is 0.208 e. The number of anilines is 2. The molecule has 0 saturated heterocycles. The van der Waals surface area contributed by atoms with Gasteiger partial charge in [0.1, 0.15) is 5.03 Å². The van der Waals surface area contributed by atoms with Gasteiger partial charge in [0.25, 0.3) is 0 Å². The summed E-state index contributed by atoms with van der Waals surface area (Å²) in [6.07, 6.45) is 8.77. The monoisotopic (exact) mass is 402 g/mol. The molecule has 140 valence electrons. The Morgan fingerprint density at radius 3 is 2.93 bits per heavy atom. The maximum atomic E-state index is 11.1. The van der Waals surface area contributed by atoms with E-state index in [1.165, 1.54) is 0 Å². The van der Waals surface area contributed by atoms with Gasteiger partial charge in [-0.3, -0.25) is 0 Å². The average molecular weight is 403 g/mol. The van der Waals surface area contributed by atoms with Crippen LogP contribution in [0, 0.1) is 0 Å². The molecule has 1 aliphatic heterocycles. The number of fused-ring (bicyclic) bond motifs is 2. The lowest BCUT2D eigenvalue weighted by atomic mass is 10.2. The van der Waals surface area contributed by atoms with Crippen LogP contribution in [0.25, 0.3) is 0 Å². The average Bonchev–Trinajstić information content (AvgIpc) is 3.06. The molecule has 27 heavy (non-hydrogen) atoms. The van der Waals surface area contributed by atoms with E-state index in [1.54, 1.807) is 30.5 Å². The molecule has 0 spiro atoms. The summed E-state index contributed by atoms with van der Waals surface area (Å²) in [6.45, 7) is 1.02. The second-order valence-corrected chi connectivity index (χ2v) is 9.09. The molecule has 3 heterocycles. The molecule has 0 fully saturated rings. The third-order valence-electron chi connectivity index (χ3n) is 3.97. The summed E-state index contributed by atoms with van der Waals surface area (Å²) in [6, 6.07) is 6.26. The number of rotatable bonds is 6. The van der Waals surface area contributed by atoms with Gasteiger partial charge in [-0.25, -0.2) is 28.1 Å². The molecule has 1 aromatic carbocycles. The quantitative estimate of drug-likeness (QED) is 0.509. The van der Waals surface area contributed by atoms with Crippen molar-refractivity contribution in [2.75, 3.05) is 18.1 Å². The van der Waals surface area contributed by atoms with Crippen molar-refractivity contribution >= 4 is 33.3 Å². The fourth-order valence-electron chi connectivity index (χ4n) is 2.78. The summed E-state index contributed by atoms with van der Waals surface area (Å²) in [7, 11) is -3.17. The molecule has 0 bridgehead atoms. The number of benzene rings is 1. The Morgan fingerprint density at radius 2 is 2.07 bits per heavy atom. The van der Waals surface area contributed by atoms with E-state index >= 15 is 0 Å². The van der Waals surface area contributed by atoms with Crippen molar-refractivity contribution in [3.8, 4) is 0 Å². The molecule has 0 aliphatic carbocycles. The molecule has 10 heteroatoms. The van der Waals surface area contributed by atoms with Crippen LogP contribution in [-0.4, -0.2) is 40.7 Å². The highest BCUT2D eigenvalue weighted by molar-refractivity contribution is 7.99. The largest absolute Gasteiger partial charge is 0.337 e. The fraction of sp³-hybridized carbons (Fsp3) is 0.235. The van der Waals surface area contributed by atoms with Crippen LogP contribution < -0.4 is 10.0 Å². The van der Waals surface area contributed by atoms with E-state index < -0.39 is 10.0 Å². The SMILES string of the molecule is CS(=O)(=O)NCCc1cn(Cc2ccc3c(c2)Nc2nccnc2S3)cn1. The first-order valence-corrected chi connectivity index (χ1v) is 11.0. The summed E-state index contributed by atoms with van der Waals surface area (Å²) >= 11 is 1.60. The molecule has 0 saturated carbocycles. The molecule has 2 N–H and O–H groups in total. The molecule has 0 amide bonds. The van der Waals surface area contributed by atoms with Crippen molar-refractivity contribution in [3.63, 3.8) is 0 Å². The highest BCUT2D eigenvalue weighted by atomic mass is 32.2. The summed E-state index contributed by atoms with van der Waals surface area (Å²) in [5.41, 5.74) is 3.00. The number of hydrogen-bond donors (Lipinski definition) is 2. The first kappa shape index (κ1) is 18.0. The smallest absolute Gasteiger partial charge is 0.208 e. The zero-order valence-corrected chi connectivity index (χ0v) is 16.2. The van der Waals surface area contributed by atoms with E-state index in [9.17, 15) is 8.42 Å². The molecule has 0 unspecified atom stereocenters. The third-order valence-corrected chi connectivity index (χ3v) is 5.76. The predicted octanol–water partition coefficient (Wildman–Crippen LogP) is 2.02. The fourth-order valence-corrected chi connectivity index (χ4v) is 4.13. The zero-order chi connectivity index (χ0) is 18.9. The molecular formula is C17H18N6O2S2. The molecule has 1 aliphatic rings. The first-order chi connectivity index (χ1) is 13.0. The first-order valence-electron chi connectivity index (χ1n) is 8.30. The minimum Gasteiger partial charge on any atom is -0.337 e. The minimum absolute atomic E-state index is 0.344. The Kier molecular flexibility index (Phi) is 4.85. The van der Waals surface area contributed by atoms with Crippen molar-refractivity contribution in [1.29, 1.82) is 0 Å². The third kappa shape index (κ3) is 4.46. The summed E-state index contributed by atoms with van der Waals surface area (Å²) in [4.78, 5) is 14.1. The van der Waals surface area contributed by atoms with E-state index in [2.05, 4.69) is 43.2 Å². The number of imidazole rings is 1. The van der Waals surface area contributed by atoms with Crippen molar-refractivity contribution in [2.24, 2.45) is 0 Å². The molecule has 2 aromatic heterocycles. The van der Waals surface area contributed by atoms with Crippen LogP contribution in [-0.2, 0) is 23.0 Å². The topological polar surface area (TPSA) is 102 Å². The van der Waals surface area contributed by atoms with Crippen LogP contribution in [0.2, 0.25) is 0 Å². The standard InChI is InChI=1S/C17H18N6O2S2/c1-27(24,25)21-5-4-13-10-23(11-20-13)9-12-2-3-15-14(8-12)22-16-17(26-15)19-7-6-18-16/h2-3,6-8,10-11,21H,4-5,9H2,1H3,(H,18,22). The van der Waals surface area contributed by atoms with Gasteiger partial charge in [-0.05, 0) is 17.7 Å². The maximum absolute atomic E-state index is 11.1. The molecule has 4 rings (SSSR count). The van der Waals surface area contributed by atoms with Gasteiger partial charge in [-0.2, -0.15) is 0 Å². The van der Waals surface area contributed by atoms with E-state index in [0.717, 1.165) is 38.9 Å². The zero-order valence-electron chi connectivity index (χ0n) is 14.6. The summed E-state index contributed by atoms with van der Waals surface area (Å²) < 4.78 is 26.7. The van der Waals surface area contributed by atoms with Gasteiger partial charge >= 0.3 is 0 Å². The summed E-state index contributed by atoms with van der Waals surface area (Å²) in [5, 5.41) is 4.20. The van der Waals surface area contributed by atoms with Gasteiger partial charge < -0.3 is 9.88 Å². The highest BCUT2D eigenvalue weighted by Crippen LogP contribution is 2.42. The Bertz CT molecular complexity index is 1080. The summed E-state index contributed by atoms with van der Waals surface area (Å²) in [5.74, 6) is 0.774. The number of nitrogens with one attached hydrogen (secondary N) is 2. The number of sulfonamides is 1. The highest BCUT2D eigenvalue weighted by Gasteiger charge is 2.17. The van der Waals surface area contributed by atoms with Gasteiger partial charge in [0.2, 0.25) is 10.0 Å². The lowest BCUT2D eigenvalue weighted by molar-refractivity contribution is 0.587. The van der Waals surface area contributed by atoms with Gasteiger partial charge in [0.15, 0.2) is 5.82 Å². The Hall–Kier alpha value is -2.43. The van der Waals surface area contributed by atoms with Crippen LogP contribution in [0.3, 0.4) is 0 Å². The van der Waals surface area contributed by atoms with Crippen molar-refractivity contribution in [1.82, 2.24) is 24.2 Å². The number of nitrogens with zero attached hydrogens (tertiary/aromatic N) is 4. The van der Waals surface area contributed by atoms with E-state index in [0.29, 0.717) is 19.5 Å². The Labute approximate surface area is 161 Å². The van der Waals surface area contributed by atoms with Crippen LogP contribution in [0.4, 0.5) is 11.5 Å².